The van der Waals surface area contributed by atoms with Gasteiger partial charge in [0.25, 0.3) is 0 Å². The number of nitrogens with one attached hydrogen (secondary N) is 2. The van der Waals surface area contributed by atoms with Gasteiger partial charge in [-0.1, -0.05) is 55.4 Å². The van der Waals surface area contributed by atoms with Crippen molar-refractivity contribution in [1.29, 1.82) is 0 Å². The molecule has 5 atom stereocenters. The van der Waals surface area contributed by atoms with Crippen molar-refractivity contribution in [3.8, 4) is 0 Å². The van der Waals surface area contributed by atoms with Crippen LogP contribution in [0.25, 0.3) is 0 Å². The van der Waals surface area contributed by atoms with Gasteiger partial charge in [0, 0.05) is 19.5 Å². The number of carbonyl (C=O) groups excluding carboxylic acids is 1. The molecule has 0 saturated heterocycles. The summed E-state index contributed by atoms with van der Waals surface area (Å²) in [6.45, 7) is 19.4. The lowest BCUT2D eigenvalue weighted by molar-refractivity contribution is -0.0281. The first kappa shape index (κ1) is 34.0. The summed E-state index contributed by atoms with van der Waals surface area (Å²) in [5, 5.41) is 55.9. The third-order valence-electron chi connectivity index (χ3n) is 5.79. The van der Waals surface area contributed by atoms with E-state index in [0.717, 1.165) is 6.42 Å². The number of carbonyl (C=O) groups is 1. The maximum Gasteiger partial charge on any atom is 0.408 e. The molecule has 7 N–H and O–H groups in total. The summed E-state index contributed by atoms with van der Waals surface area (Å²) >= 11 is 0. The Morgan fingerprint density at radius 2 is 1.29 bits per heavy atom. The normalized spacial score (nSPS) is 17.9. The van der Waals surface area contributed by atoms with Crippen LogP contribution >= 0.6 is 0 Å². The van der Waals surface area contributed by atoms with Gasteiger partial charge in [0.15, 0.2) is 0 Å². The Labute approximate surface area is 212 Å². The SMILES string of the molecule is CC(C)(C)CC(C)(C)OC(=O)NC(CNCC(O)C(O)CO)C(O)CC(O)C(C)(C)CC(C)(C)C. The molecule has 0 aromatic rings. The summed E-state index contributed by atoms with van der Waals surface area (Å²) in [4.78, 5) is 12.7. The average Bonchev–Trinajstić information content (AvgIpc) is 2.61. The minimum Gasteiger partial charge on any atom is -0.444 e. The number of hydrogen-bond acceptors (Lipinski definition) is 8. The molecule has 35 heavy (non-hydrogen) atoms. The summed E-state index contributed by atoms with van der Waals surface area (Å²) in [5.41, 5.74) is -1.27. The molecule has 9 nitrogen and oxygen atoms in total. The van der Waals surface area contributed by atoms with Crippen LogP contribution in [0.2, 0.25) is 0 Å². The molecule has 0 saturated carbocycles. The number of aliphatic hydroxyl groups is 5. The van der Waals surface area contributed by atoms with Crippen molar-refractivity contribution in [2.75, 3.05) is 19.7 Å². The Kier molecular flexibility index (Phi) is 13.2. The first-order valence-electron chi connectivity index (χ1n) is 12.6. The predicted octanol–water partition coefficient (Wildman–Crippen LogP) is 2.17. The molecule has 0 radical (unpaired) electrons. The van der Waals surface area contributed by atoms with Gasteiger partial charge in [0.2, 0.25) is 0 Å². The van der Waals surface area contributed by atoms with Crippen LogP contribution in [0.1, 0.15) is 88.5 Å². The molecule has 0 spiro atoms. The first-order chi connectivity index (χ1) is 15.6. The Balaban J connectivity index is 5.38. The van der Waals surface area contributed by atoms with E-state index in [9.17, 15) is 25.2 Å². The van der Waals surface area contributed by atoms with E-state index < -0.39 is 54.2 Å². The molecule has 0 bridgehead atoms. The van der Waals surface area contributed by atoms with Crippen LogP contribution in [-0.4, -0.2) is 87.4 Å². The summed E-state index contributed by atoms with van der Waals surface area (Å²) in [6, 6.07) is -0.827. The van der Waals surface area contributed by atoms with Crippen LogP contribution in [0.5, 0.6) is 0 Å². The van der Waals surface area contributed by atoms with Crippen molar-refractivity contribution in [3.05, 3.63) is 0 Å². The van der Waals surface area contributed by atoms with Gasteiger partial charge in [-0.2, -0.15) is 0 Å². The molecule has 0 aliphatic carbocycles. The third kappa shape index (κ3) is 15.0. The Hall–Kier alpha value is -0.970. The van der Waals surface area contributed by atoms with Crippen LogP contribution < -0.4 is 10.6 Å². The third-order valence-corrected chi connectivity index (χ3v) is 5.79. The molecular formula is C26H54N2O7. The molecule has 0 fully saturated rings. The van der Waals surface area contributed by atoms with Gasteiger partial charge in [0.05, 0.1) is 31.0 Å². The van der Waals surface area contributed by atoms with Crippen molar-refractivity contribution in [2.45, 2.75) is 125 Å². The van der Waals surface area contributed by atoms with E-state index in [0.29, 0.717) is 6.42 Å². The average molecular weight is 507 g/mol. The van der Waals surface area contributed by atoms with Crippen molar-refractivity contribution < 1.29 is 35.1 Å². The maximum absolute atomic E-state index is 12.7. The smallest absolute Gasteiger partial charge is 0.408 e. The Morgan fingerprint density at radius 3 is 1.74 bits per heavy atom. The molecule has 1 amide bonds. The largest absolute Gasteiger partial charge is 0.444 e. The van der Waals surface area contributed by atoms with Crippen molar-refractivity contribution in [1.82, 2.24) is 10.6 Å². The van der Waals surface area contributed by atoms with E-state index in [1.807, 2.05) is 27.7 Å². The standard InChI is InChI=1S/C26H54N2O7/c1-23(2,3)15-25(7,8)21(33)11-18(30)17(12-27-13-19(31)20(32)14-29)28-22(34)35-26(9,10)16-24(4,5)6/h17-21,27,29-33H,11-16H2,1-10H3,(H,28,34). The van der Waals surface area contributed by atoms with Gasteiger partial charge in [-0.05, 0) is 42.9 Å². The second kappa shape index (κ2) is 13.5. The fraction of sp³-hybridized carbons (Fsp3) is 0.962. The highest BCUT2D eigenvalue weighted by molar-refractivity contribution is 5.68. The van der Waals surface area contributed by atoms with E-state index >= 15 is 0 Å². The number of aliphatic hydroxyl groups excluding tert-OH is 5. The van der Waals surface area contributed by atoms with Gasteiger partial charge in [0.1, 0.15) is 11.7 Å². The molecule has 5 unspecified atom stereocenters. The van der Waals surface area contributed by atoms with E-state index in [4.69, 9.17) is 9.84 Å². The fourth-order valence-electron chi connectivity index (χ4n) is 4.87. The minimum atomic E-state index is -1.30. The lowest BCUT2D eigenvalue weighted by atomic mass is 9.71. The summed E-state index contributed by atoms with van der Waals surface area (Å²) in [7, 11) is 0. The van der Waals surface area contributed by atoms with Gasteiger partial charge in [-0.25, -0.2) is 4.79 Å². The van der Waals surface area contributed by atoms with Crippen molar-refractivity contribution in [2.24, 2.45) is 16.2 Å². The molecule has 0 aromatic carbocycles. The number of rotatable bonds is 14. The van der Waals surface area contributed by atoms with Crippen LogP contribution in [-0.2, 0) is 4.74 Å². The van der Waals surface area contributed by atoms with Gasteiger partial charge in [-0.3, -0.25) is 0 Å². The second-order valence-corrected chi connectivity index (χ2v) is 13.7. The molecule has 0 rings (SSSR count). The van der Waals surface area contributed by atoms with Gasteiger partial charge < -0.3 is 40.9 Å². The summed E-state index contributed by atoms with van der Waals surface area (Å²) in [6.07, 6.45) is -3.74. The maximum atomic E-state index is 12.7. The van der Waals surface area contributed by atoms with E-state index in [1.165, 1.54) is 0 Å². The zero-order chi connectivity index (χ0) is 27.8. The zero-order valence-corrected chi connectivity index (χ0v) is 23.7. The number of alkyl carbamates (subject to hydrolysis) is 1. The second-order valence-electron chi connectivity index (χ2n) is 13.7. The Bertz CT molecular complexity index is 626. The zero-order valence-electron chi connectivity index (χ0n) is 23.7. The monoisotopic (exact) mass is 506 g/mol. The quantitative estimate of drug-likeness (QED) is 0.189. The highest BCUT2D eigenvalue weighted by Crippen LogP contribution is 2.37. The lowest BCUT2D eigenvalue weighted by Gasteiger charge is -2.38. The molecule has 0 aliphatic heterocycles. The van der Waals surface area contributed by atoms with E-state index in [1.54, 1.807) is 0 Å². The van der Waals surface area contributed by atoms with Crippen LogP contribution in [0, 0.1) is 16.2 Å². The molecule has 0 heterocycles. The van der Waals surface area contributed by atoms with Crippen LogP contribution in [0.3, 0.4) is 0 Å². The fourth-order valence-corrected chi connectivity index (χ4v) is 4.87. The van der Waals surface area contributed by atoms with Gasteiger partial charge in [-0.15, -0.1) is 0 Å². The predicted molar refractivity (Wildman–Crippen MR) is 138 cm³/mol. The van der Waals surface area contributed by atoms with Gasteiger partial charge >= 0.3 is 6.09 Å². The molecule has 210 valence electrons. The number of amides is 1. The summed E-state index contributed by atoms with van der Waals surface area (Å²) < 4.78 is 5.64. The highest BCUT2D eigenvalue weighted by atomic mass is 16.6. The van der Waals surface area contributed by atoms with E-state index in [-0.39, 0.29) is 30.3 Å². The highest BCUT2D eigenvalue weighted by Gasteiger charge is 2.36. The molecule has 0 aromatic heterocycles. The molecule has 9 heteroatoms. The van der Waals surface area contributed by atoms with Crippen molar-refractivity contribution >= 4 is 6.09 Å². The molecular weight excluding hydrogens is 452 g/mol. The lowest BCUT2D eigenvalue weighted by Crippen LogP contribution is -2.53. The van der Waals surface area contributed by atoms with E-state index in [2.05, 4.69) is 52.2 Å². The first-order valence-corrected chi connectivity index (χ1v) is 12.6. The topological polar surface area (TPSA) is 152 Å². The Morgan fingerprint density at radius 1 is 0.771 bits per heavy atom. The number of ether oxygens (including phenoxy) is 1. The van der Waals surface area contributed by atoms with Crippen LogP contribution in [0.15, 0.2) is 0 Å². The van der Waals surface area contributed by atoms with Crippen molar-refractivity contribution in [3.63, 3.8) is 0 Å². The van der Waals surface area contributed by atoms with Crippen LogP contribution in [0.4, 0.5) is 4.79 Å². The minimum absolute atomic E-state index is 0.0131. The summed E-state index contributed by atoms with van der Waals surface area (Å²) in [5.74, 6) is 0. The molecule has 0 aliphatic rings. The number of hydrogen-bond donors (Lipinski definition) is 7.